The highest BCUT2D eigenvalue weighted by Gasteiger charge is 2.42. The first-order chi connectivity index (χ1) is 11.8. The van der Waals surface area contributed by atoms with Gasteiger partial charge in [-0.05, 0) is 25.0 Å². The Labute approximate surface area is 141 Å². The van der Waals surface area contributed by atoms with Crippen molar-refractivity contribution in [3.63, 3.8) is 0 Å². The minimum Gasteiger partial charge on any atom is -0.337 e. The number of piperidine rings is 1. The fraction of sp³-hybridized carbons (Fsp3) is 0.375. The monoisotopic (exact) mass is 356 g/mol. The quantitative estimate of drug-likeness (QED) is 0.842. The van der Waals surface area contributed by atoms with Gasteiger partial charge in [0.2, 0.25) is 0 Å². The Hall–Kier alpha value is -2.42. The zero-order chi connectivity index (χ0) is 18.2. The third-order valence-corrected chi connectivity index (χ3v) is 4.09. The molecule has 2 aromatic rings. The van der Waals surface area contributed by atoms with Crippen molar-refractivity contribution < 1.29 is 22.4 Å². The predicted octanol–water partition coefficient (Wildman–Crippen LogP) is 2.59. The van der Waals surface area contributed by atoms with Gasteiger partial charge in [0.15, 0.2) is 5.69 Å². The van der Waals surface area contributed by atoms with Crippen molar-refractivity contribution in [1.29, 1.82) is 0 Å². The Morgan fingerprint density at radius 3 is 2.64 bits per heavy atom. The summed E-state index contributed by atoms with van der Waals surface area (Å²) in [6.45, 7) is 0.510. The highest BCUT2D eigenvalue weighted by atomic mass is 19.4. The second-order valence-electron chi connectivity index (χ2n) is 5.92. The number of hydrogen-bond acceptors (Lipinski definition) is 3. The Bertz CT molecular complexity index is 787. The lowest BCUT2D eigenvalue weighted by atomic mass is 10.1. The molecule has 1 aliphatic rings. The highest BCUT2D eigenvalue weighted by Crippen LogP contribution is 2.34. The van der Waals surface area contributed by atoms with Crippen molar-refractivity contribution in [3.05, 3.63) is 47.5 Å². The van der Waals surface area contributed by atoms with Crippen LogP contribution in [-0.2, 0) is 6.18 Å². The number of likely N-dealkylation sites (tertiary alicyclic amines) is 1. The molecule has 1 atom stereocenters. The third-order valence-electron chi connectivity index (χ3n) is 4.09. The summed E-state index contributed by atoms with van der Waals surface area (Å²) in [5, 5.41) is 3.63. The van der Waals surface area contributed by atoms with Crippen LogP contribution in [0.4, 0.5) is 17.6 Å². The van der Waals surface area contributed by atoms with E-state index in [0.717, 1.165) is 12.3 Å². The lowest BCUT2D eigenvalue weighted by Gasteiger charge is -2.30. The summed E-state index contributed by atoms with van der Waals surface area (Å²) >= 11 is 0. The van der Waals surface area contributed by atoms with Crippen LogP contribution in [0.15, 0.2) is 30.5 Å². The number of carbonyl (C=O) groups excluding carboxylic acids is 1. The number of nitrogens with two attached hydrogens (primary N) is 1. The molecule has 1 fully saturated rings. The molecule has 5 nitrogen and oxygen atoms in total. The van der Waals surface area contributed by atoms with E-state index in [0.29, 0.717) is 24.1 Å². The highest BCUT2D eigenvalue weighted by molar-refractivity contribution is 5.95. The molecule has 2 N–H and O–H groups in total. The molecule has 2 heterocycles. The second-order valence-corrected chi connectivity index (χ2v) is 5.92. The molecule has 0 radical (unpaired) electrons. The number of aromatic nitrogens is 2. The van der Waals surface area contributed by atoms with Gasteiger partial charge in [0.1, 0.15) is 11.5 Å². The van der Waals surface area contributed by atoms with Gasteiger partial charge in [0.25, 0.3) is 5.91 Å². The lowest BCUT2D eigenvalue weighted by Crippen LogP contribution is -2.46. The minimum absolute atomic E-state index is 0.182. The van der Waals surface area contributed by atoms with Crippen molar-refractivity contribution in [2.75, 3.05) is 13.1 Å². The summed E-state index contributed by atoms with van der Waals surface area (Å²) in [5.74, 6) is -1.67. The summed E-state index contributed by atoms with van der Waals surface area (Å²) in [6.07, 6.45) is -2.71. The van der Waals surface area contributed by atoms with Crippen molar-refractivity contribution >= 4 is 5.91 Å². The first kappa shape index (κ1) is 17.4. The van der Waals surface area contributed by atoms with Gasteiger partial charge >= 0.3 is 6.18 Å². The Balaban J connectivity index is 2.06. The molecule has 0 spiro atoms. The summed E-state index contributed by atoms with van der Waals surface area (Å²) in [5.41, 5.74) is 3.53. The topological polar surface area (TPSA) is 64.2 Å². The molecular formula is C16H16F4N4O. The molecule has 1 saturated heterocycles. The average Bonchev–Trinajstić information content (AvgIpc) is 2.99. The van der Waals surface area contributed by atoms with Crippen LogP contribution in [0.1, 0.15) is 28.9 Å². The average molecular weight is 356 g/mol. The maximum absolute atomic E-state index is 13.9. The molecule has 0 saturated carbocycles. The number of amides is 1. The van der Waals surface area contributed by atoms with Gasteiger partial charge in [-0.25, -0.2) is 9.07 Å². The zero-order valence-electron chi connectivity index (χ0n) is 13.1. The van der Waals surface area contributed by atoms with E-state index in [1.165, 1.54) is 23.1 Å². The Morgan fingerprint density at radius 2 is 2.00 bits per heavy atom. The molecule has 1 aliphatic heterocycles. The summed E-state index contributed by atoms with van der Waals surface area (Å²) in [7, 11) is 0. The number of nitrogens with zero attached hydrogens (tertiary/aromatic N) is 3. The molecule has 134 valence electrons. The Kier molecular flexibility index (Phi) is 4.51. The fourth-order valence-corrected chi connectivity index (χ4v) is 2.95. The van der Waals surface area contributed by atoms with E-state index < -0.39 is 29.2 Å². The second kappa shape index (κ2) is 6.47. The molecule has 1 aromatic heterocycles. The van der Waals surface area contributed by atoms with Crippen LogP contribution in [-0.4, -0.2) is 39.7 Å². The number of carbonyl (C=O) groups is 1. The predicted molar refractivity (Wildman–Crippen MR) is 81.6 cm³/mol. The van der Waals surface area contributed by atoms with Crippen LogP contribution in [0, 0.1) is 5.82 Å². The van der Waals surface area contributed by atoms with E-state index in [1.807, 2.05) is 0 Å². The van der Waals surface area contributed by atoms with Crippen molar-refractivity contribution in [1.82, 2.24) is 14.7 Å². The molecule has 1 unspecified atom stereocenters. The molecule has 0 aliphatic carbocycles. The molecule has 0 bridgehead atoms. The number of rotatable bonds is 2. The van der Waals surface area contributed by atoms with E-state index in [-0.39, 0.29) is 18.3 Å². The summed E-state index contributed by atoms with van der Waals surface area (Å²) < 4.78 is 55.1. The van der Waals surface area contributed by atoms with Crippen LogP contribution in [0.25, 0.3) is 5.69 Å². The van der Waals surface area contributed by atoms with E-state index in [4.69, 9.17) is 5.73 Å². The number of hydrogen-bond donors (Lipinski definition) is 1. The van der Waals surface area contributed by atoms with E-state index >= 15 is 0 Å². The third kappa shape index (κ3) is 3.37. The summed E-state index contributed by atoms with van der Waals surface area (Å²) in [4.78, 5) is 13.8. The molecule has 25 heavy (non-hydrogen) atoms. The number of benzene rings is 1. The Morgan fingerprint density at radius 1 is 1.28 bits per heavy atom. The molecule has 1 aromatic carbocycles. The van der Waals surface area contributed by atoms with Crippen LogP contribution in [0.2, 0.25) is 0 Å². The van der Waals surface area contributed by atoms with E-state index in [2.05, 4.69) is 5.10 Å². The van der Waals surface area contributed by atoms with Crippen LogP contribution in [0.3, 0.4) is 0 Å². The first-order valence-corrected chi connectivity index (χ1v) is 7.74. The maximum atomic E-state index is 13.9. The van der Waals surface area contributed by atoms with E-state index in [1.54, 1.807) is 0 Å². The normalized spacial score (nSPS) is 18.4. The van der Waals surface area contributed by atoms with Crippen molar-refractivity contribution in [2.24, 2.45) is 5.73 Å². The minimum atomic E-state index is -4.87. The van der Waals surface area contributed by atoms with Crippen LogP contribution >= 0.6 is 0 Å². The largest absolute Gasteiger partial charge is 0.434 e. The SMILES string of the molecule is NC1CCCN(C(=O)c2cnn(-c3ccccc3F)c2C(F)(F)F)C1. The van der Waals surface area contributed by atoms with Gasteiger partial charge < -0.3 is 10.6 Å². The number of alkyl halides is 3. The molecule has 1 amide bonds. The van der Waals surface area contributed by atoms with E-state index in [9.17, 15) is 22.4 Å². The van der Waals surface area contributed by atoms with Crippen LogP contribution < -0.4 is 5.73 Å². The fourth-order valence-electron chi connectivity index (χ4n) is 2.95. The van der Waals surface area contributed by atoms with Gasteiger partial charge in [0, 0.05) is 19.1 Å². The maximum Gasteiger partial charge on any atom is 0.434 e. The summed E-state index contributed by atoms with van der Waals surface area (Å²) in [6, 6.07) is 4.68. The smallest absolute Gasteiger partial charge is 0.337 e. The van der Waals surface area contributed by atoms with Gasteiger partial charge in [0.05, 0.1) is 11.8 Å². The van der Waals surface area contributed by atoms with Crippen molar-refractivity contribution in [2.45, 2.75) is 25.1 Å². The van der Waals surface area contributed by atoms with Gasteiger partial charge in [-0.3, -0.25) is 4.79 Å². The molecule has 3 rings (SSSR count). The number of para-hydroxylation sites is 1. The number of halogens is 4. The van der Waals surface area contributed by atoms with Crippen molar-refractivity contribution in [3.8, 4) is 5.69 Å². The first-order valence-electron chi connectivity index (χ1n) is 7.74. The molecular weight excluding hydrogens is 340 g/mol. The zero-order valence-corrected chi connectivity index (χ0v) is 13.1. The van der Waals surface area contributed by atoms with Gasteiger partial charge in [-0.15, -0.1) is 0 Å². The van der Waals surface area contributed by atoms with Gasteiger partial charge in [-0.2, -0.15) is 18.3 Å². The molecule has 9 heteroatoms. The van der Waals surface area contributed by atoms with Crippen LogP contribution in [0.5, 0.6) is 0 Å². The lowest BCUT2D eigenvalue weighted by molar-refractivity contribution is -0.143. The van der Waals surface area contributed by atoms with Gasteiger partial charge in [-0.1, -0.05) is 12.1 Å². The standard InChI is InChI=1S/C16H16F4N4O/c17-12-5-1-2-6-13(12)24-14(16(18,19)20)11(8-22-24)15(25)23-7-3-4-10(21)9-23/h1-2,5-6,8,10H,3-4,7,9,21H2.